The maximum Gasteiger partial charge on any atom is 0.182 e. The molecular formula is C16H23F2NO. The SMILES string of the molecule is CCCCCN(CC(=O)c1c(F)cccc1F)C(C)C. The summed E-state index contributed by atoms with van der Waals surface area (Å²) in [7, 11) is 0. The highest BCUT2D eigenvalue weighted by molar-refractivity contribution is 5.98. The van der Waals surface area contributed by atoms with E-state index in [1.165, 1.54) is 6.07 Å². The van der Waals surface area contributed by atoms with Gasteiger partial charge in [-0.2, -0.15) is 0 Å². The maximum atomic E-state index is 13.6. The predicted octanol–water partition coefficient (Wildman–Crippen LogP) is 4.05. The van der Waals surface area contributed by atoms with Gasteiger partial charge in [-0.3, -0.25) is 9.69 Å². The van der Waals surface area contributed by atoms with Gasteiger partial charge in [0.05, 0.1) is 12.1 Å². The van der Waals surface area contributed by atoms with Gasteiger partial charge in [0.1, 0.15) is 11.6 Å². The first-order valence-corrected chi connectivity index (χ1v) is 7.18. The van der Waals surface area contributed by atoms with Gasteiger partial charge in [0.2, 0.25) is 0 Å². The second kappa shape index (κ2) is 8.10. The number of hydrogen-bond acceptors (Lipinski definition) is 2. The molecule has 0 aliphatic carbocycles. The predicted molar refractivity (Wildman–Crippen MR) is 76.9 cm³/mol. The molecule has 0 N–H and O–H groups in total. The number of benzene rings is 1. The lowest BCUT2D eigenvalue weighted by Crippen LogP contribution is -2.37. The Morgan fingerprint density at radius 1 is 1.20 bits per heavy atom. The monoisotopic (exact) mass is 283 g/mol. The average Bonchev–Trinajstić information content (AvgIpc) is 2.37. The molecular weight excluding hydrogens is 260 g/mol. The Bertz CT molecular complexity index is 426. The van der Waals surface area contributed by atoms with Crippen molar-refractivity contribution in [1.29, 1.82) is 0 Å². The Morgan fingerprint density at radius 3 is 2.30 bits per heavy atom. The van der Waals surface area contributed by atoms with Crippen LogP contribution in [0.15, 0.2) is 18.2 Å². The lowest BCUT2D eigenvalue weighted by atomic mass is 10.1. The van der Waals surface area contributed by atoms with Crippen LogP contribution in [0.5, 0.6) is 0 Å². The molecule has 1 rings (SSSR count). The summed E-state index contributed by atoms with van der Waals surface area (Å²) in [4.78, 5) is 14.1. The number of rotatable bonds is 8. The van der Waals surface area contributed by atoms with Crippen LogP contribution in [0.1, 0.15) is 50.4 Å². The Balaban J connectivity index is 2.75. The topological polar surface area (TPSA) is 20.3 Å². The van der Waals surface area contributed by atoms with Gasteiger partial charge in [0, 0.05) is 6.04 Å². The lowest BCUT2D eigenvalue weighted by molar-refractivity contribution is 0.0895. The second-order valence-electron chi connectivity index (χ2n) is 5.29. The molecule has 0 bridgehead atoms. The highest BCUT2D eigenvalue weighted by Gasteiger charge is 2.20. The summed E-state index contributed by atoms with van der Waals surface area (Å²) in [6, 6.07) is 3.67. The summed E-state index contributed by atoms with van der Waals surface area (Å²) in [5, 5.41) is 0. The van der Waals surface area contributed by atoms with Gasteiger partial charge in [-0.25, -0.2) is 8.78 Å². The molecule has 0 aliphatic rings. The minimum absolute atomic E-state index is 0.0548. The van der Waals surface area contributed by atoms with Gasteiger partial charge >= 0.3 is 0 Å². The Labute approximate surface area is 119 Å². The van der Waals surface area contributed by atoms with E-state index < -0.39 is 23.0 Å². The van der Waals surface area contributed by atoms with Crippen molar-refractivity contribution in [2.45, 2.75) is 46.1 Å². The first kappa shape index (κ1) is 16.8. The van der Waals surface area contributed by atoms with E-state index in [1.54, 1.807) is 0 Å². The molecule has 20 heavy (non-hydrogen) atoms. The summed E-state index contributed by atoms with van der Waals surface area (Å²) in [6.07, 6.45) is 3.18. The number of halogens is 2. The fourth-order valence-electron chi connectivity index (χ4n) is 2.11. The molecule has 1 aromatic carbocycles. The first-order chi connectivity index (χ1) is 9.47. The summed E-state index contributed by atoms with van der Waals surface area (Å²) < 4.78 is 27.2. The third-order valence-corrected chi connectivity index (χ3v) is 3.37. The van der Waals surface area contributed by atoms with Crippen molar-refractivity contribution in [2.24, 2.45) is 0 Å². The highest BCUT2D eigenvalue weighted by Crippen LogP contribution is 2.14. The molecule has 0 saturated carbocycles. The number of carbonyl (C=O) groups excluding carboxylic acids is 1. The van der Waals surface area contributed by atoms with Crippen LogP contribution in [-0.2, 0) is 0 Å². The van der Waals surface area contributed by atoms with E-state index in [4.69, 9.17) is 0 Å². The number of nitrogens with zero attached hydrogens (tertiary/aromatic N) is 1. The zero-order valence-corrected chi connectivity index (χ0v) is 12.5. The van der Waals surface area contributed by atoms with E-state index in [1.807, 2.05) is 18.7 Å². The van der Waals surface area contributed by atoms with Crippen molar-refractivity contribution < 1.29 is 13.6 Å². The molecule has 0 amide bonds. The van der Waals surface area contributed by atoms with Gasteiger partial charge in [-0.15, -0.1) is 0 Å². The highest BCUT2D eigenvalue weighted by atomic mass is 19.1. The molecule has 0 aliphatic heterocycles. The smallest absolute Gasteiger partial charge is 0.182 e. The Hall–Kier alpha value is -1.29. The molecule has 0 atom stereocenters. The average molecular weight is 283 g/mol. The Kier molecular flexibility index (Phi) is 6.79. The molecule has 2 nitrogen and oxygen atoms in total. The third kappa shape index (κ3) is 4.67. The largest absolute Gasteiger partial charge is 0.293 e. The van der Waals surface area contributed by atoms with Crippen LogP contribution < -0.4 is 0 Å². The third-order valence-electron chi connectivity index (χ3n) is 3.37. The van der Waals surface area contributed by atoms with Crippen LogP contribution in [0.4, 0.5) is 8.78 Å². The minimum atomic E-state index is -0.785. The summed E-state index contributed by atoms with van der Waals surface area (Å²) in [5.41, 5.74) is -0.423. The standard InChI is InChI=1S/C16H23F2NO/c1-4-5-6-10-19(12(2)3)11-15(20)16-13(17)8-7-9-14(16)18/h7-9,12H,4-6,10-11H2,1-3H3. The molecule has 0 aromatic heterocycles. The van der Waals surface area contributed by atoms with Crippen molar-refractivity contribution in [2.75, 3.05) is 13.1 Å². The van der Waals surface area contributed by atoms with Crippen molar-refractivity contribution >= 4 is 5.78 Å². The second-order valence-corrected chi connectivity index (χ2v) is 5.29. The van der Waals surface area contributed by atoms with Crippen LogP contribution >= 0.6 is 0 Å². The number of carbonyl (C=O) groups is 1. The number of Topliss-reactive ketones (excluding diaryl/α,β-unsaturated/α-hetero) is 1. The zero-order chi connectivity index (χ0) is 15.1. The minimum Gasteiger partial charge on any atom is -0.293 e. The van der Waals surface area contributed by atoms with Gasteiger partial charge in [0.15, 0.2) is 5.78 Å². The number of unbranched alkanes of at least 4 members (excludes halogenated alkanes) is 2. The fourth-order valence-corrected chi connectivity index (χ4v) is 2.11. The van der Waals surface area contributed by atoms with E-state index in [0.29, 0.717) is 0 Å². The van der Waals surface area contributed by atoms with Crippen molar-refractivity contribution in [3.8, 4) is 0 Å². The van der Waals surface area contributed by atoms with E-state index in [2.05, 4.69) is 6.92 Å². The summed E-state index contributed by atoms with van der Waals surface area (Å²) in [6.45, 7) is 6.90. The van der Waals surface area contributed by atoms with Crippen LogP contribution in [0.2, 0.25) is 0 Å². The zero-order valence-electron chi connectivity index (χ0n) is 12.5. The first-order valence-electron chi connectivity index (χ1n) is 7.18. The van der Waals surface area contributed by atoms with Gasteiger partial charge in [-0.1, -0.05) is 25.8 Å². The fraction of sp³-hybridized carbons (Fsp3) is 0.562. The van der Waals surface area contributed by atoms with Crippen LogP contribution in [0.25, 0.3) is 0 Å². The molecule has 0 unspecified atom stereocenters. The van der Waals surface area contributed by atoms with Crippen LogP contribution in [0, 0.1) is 11.6 Å². The molecule has 1 aromatic rings. The Morgan fingerprint density at radius 2 is 1.80 bits per heavy atom. The molecule has 0 saturated heterocycles. The van der Waals surface area contributed by atoms with Crippen LogP contribution in [-0.4, -0.2) is 29.8 Å². The maximum absolute atomic E-state index is 13.6. The van der Waals surface area contributed by atoms with E-state index in [9.17, 15) is 13.6 Å². The van der Waals surface area contributed by atoms with Gasteiger partial charge in [0.25, 0.3) is 0 Å². The molecule has 0 heterocycles. The van der Waals surface area contributed by atoms with Gasteiger partial charge in [-0.05, 0) is 38.9 Å². The van der Waals surface area contributed by atoms with E-state index >= 15 is 0 Å². The number of ketones is 1. The van der Waals surface area contributed by atoms with Crippen molar-refractivity contribution in [1.82, 2.24) is 4.90 Å². The quantitative estimate of drug-likeness (QED) is 0.530. The number of hydrogen-bond donors (Lipinski definition) is 0. The molecule has 0 radical (unpaired) electrons. The van der Waals surface area contributed by atoms with Crippen molar-refractivity contribution in [3.05, 3.63) is 35.4 Å². The normalized spacial score (nSPS) is 11.3. The van der Waals surface area contributed by atoms with Crippen molar-refractivity contribution in [3.63, 3.8) is 0 Å². The molecule has 112 valence electrons. The van der Waals surface area contributed by atoms with E-state index in [-0.39, 0.29) is 12.6 Å². The lowest BCUT2D eigenvalue weighted by Gasteiger charge is -2.25. The van der Waals surface area contributed by atoms with Gasteiger partial charge < -0.3 is 0 Å². The summed E-state index contributed by atoms with van der Waals surface area (Å²) in [5.74, 6) is -2.06. The molecule has 0 spiro atoms. The molecule has 4 heteroatoms. The van der Waals surface area contributed by atoms with Crippen LogP contribution in [0.3, 0.4) is 0 Å². The molecule has 0 fully saturated rings. The summed E-state index contributed by atoms with van der Waals surface area (Å²) >= 11 is 0. The van der Waals surface area contributed by atoms with E-state index in [0.717, 1.165) is 37.9 Å².